The van der Waals surface area contributed by atoms with E-state index in [1.807, 2.05) is 75.4 Å². The SMILES string of the molecule is Cc1ccccc1O.Cc1ccccc1O.Cc1ccccc1O. The molecule has 0 bridgehead atoms. The molecule has 0 saturated heterocycles. The van der Waals surface area contributed by atoms with Gasteiger partial charge in [-0.3, -0.25) is 0 Å². The van der Waals surface area contributed by atoms with E-state index in [9.17, 15) is 0 Å². The molecule has 0 heterocycles. The van der Waals surface area contributed by atoms with Crippen LogP contribution in [0.3, 0.4) is 0 Å². The molecule has 0 radical (unpaired) electrons. The highest BCUT2D eigenvalue weighted by Gasteiger charge is 1.88. The Hall–Kier alpha value is -2.94. The molecule has 3 aromatic carbocycles. The van der Waals surface area contributed by atoms with Crippen molar-refractivity contribution in [1.82, 2.24) is 0 Å². The van der Waals surface area contributed by atoms with E-state index in [4.69, 9.17) is 15.3 Å². The fourth-order valence-corrected chi connectivity index (χ4v) is 1.69. The molecule has 3 nitrogen and oxygen atoms in total. The van der Waals surface area contributed by atoms with Crippen molar-refractivity contribution in [2.75, 3.05) is 0 Å². The first-order valence-corrected chi connectivity index (χ1v) is 7.65. The van der Waals surface area contributed by atoms with Gasteiger partial charge in [0, 0.05) is 0 Å². The largest absolute Gasteiger partial charge is 0.508 e. The fourth-order valence-electron chi connectivity index (χ4n) is 1.69. The Balaban J connectivity index is 0.000000180. The lowest BCUT2D eigenvalue weighted by Crippen LogP contribution is -1.68. The van der Waals surface area contributed by atoms with Gasteiger partial charge in [0.25, 0.3) is 0 Å². The summed E-state index contributed by atoms with van der Waals surface area (Å²) in [5.74, 6) is 1.10. The molecule has 0 saturated carbocycles. The van der Waals surface area contributed by atoms with Crippen LogP contribution in [-0.4, -0.2) is 15.3 Å². The third-order valence-electron chi connectivity index (χ3n) is 3.35. The number of rotatable bonds is 0. The van der Waals surface area contributed by atoms with Crippen molar-refractivity contribution in [3.05, 3.63) is 89.5 Å². The van der Waals surface area contributed by atoms with Crippen molar-refractivity contribution in [2.45, 2.75) is 20.8 Å². The maximum absolute atomic E-state index is 8.92. The standard InChI is InChI=1S/3C7H8O/c3*1-6-4-2-3-5-7(6)8/h3*2-5,8H,1H3. The molecule has 0 aliphatic heterocycles. The lowest BCUT2D eigenvalue weighted by Gasteiger charge is -1.92. The van der Waals surface area contributed by atoms with E-state index in [-0.39, 0.29) is 0 Å². The molecule has 0 aromatic heterocycles. The molecule has 0 amide bonds. The molecule has 3 aromatic rings. The molecular weight excluding hydrogens is 300 g/mol. The lowest BCUT2D eigenvalue weighted by atomic mass is 10.2. The first-order chi connectivity index (χ1) is 11.4. The molecule has 3 rings (SSSR count). The van der Waals surface area contributed by atoms with E-state index in [1.54, 1.807) is 18.2 Å². The van der Waals surface area contributed by atoms with E-state index < -0.39 is 0 Å². The zero-order chi connectivity index (χ0) is 17.9. The zero-order valence-electron chi connectivity index (χ0n) is 14.3. The van der Waals surface area contributed by atoms with Crippen LogP contribution in [0, 0.1) is 20.8 Å². The second kappa shape index (κ2) is 9.95. The Morgan fingerprint density at radius 2 is 0.625 bits per heavy atom. The van der Waals surface area contributed by atoms with Crippen LogP contribution in [0.4, 0.5) is 0 Å². The molecule has 3 heteroatoms. The summed E-state index contributed by atoms with van der Waals surface area (Å²) in [6.07, 6.45) is 0. The van der Waals surface area contributed by atoms with Crippen molar-refractivity contribution in [2.24, 2.45) is 0 Å². The summed E-state index contributed by atoms with van der Waals surface area (Å²) in [6, 6.07) is 21.8. The van der Waals surface area contributed by atoms with E-state index in [2.05, 4.69) is 0 Å². The van der Waals surface area contributed by atoms with Gasteiger partial charge in [-0.15, -0.1) is 0 Å². The Labute approximate surface area is 143 Å². The minimum absolute atomic E-state index is 0.368. The lowest BCUT2D eigenvalue weighted by molar-refractivity contribution is 0.470. The minimum atomic E-state index is 0.368. The average Bonchev–Trinajstić information content (AvgIpc) is 2.57. The summed E-state index contributed by atoms with van der Waals surface area (Å²) < 4.78 is 0. The average molecular weight is 324 g/mol. The third-order valence-corrected chi connectivity index (χ3v) is 3.35. The van der Waals surface area contributed by atoms with Gasteiger partial charge in [0.2, 0.25) is 0 Å². The topological polar surface area (TPSA) is 60.7 Å². The molecule has 0 unspecified atom stereocenters. The maximum Gasteiger partial charge on any atom is 0.118 e. The Kier molecular flexibility index (Phi) is 7.92. The molecule has 0 aliphatic rings. The van der Waals surface area contributed by atoms with Crippen LogP contribution >= 0.6 is 0 Å². The van der Waals surface area contributed by atoms with Crippen LogP contribution in [0.2, 0.25) is 0 Å². The van der Waals surface area contributed by atoms with Gasteiger partial charge < -0.3 is 15.3 Å². The number of hydrogen-bond donors (Lipinski definition) is 3. The molecule has 0 aliphatic carbocycles. The smallest absolute Gasteiger partial charge is 0.118 e. The van der Waals surface area contributed by atoms with Gasteiger partial charge in [-0.05, 0) is 55.7 Å². The van der Waals surface area contributed by atoms with Gasteiger partial charge in [0.15, 0.2) is 0 Å². The summed E-state index contributed by atoms with van der Waals surface area (Å²) in [7, 11) is 0. The van der Waals surface area contributed by atoms with Gasteiger partial charge >= 0.3 is 0 Å². The van der Waals surface area contributed by atoms with E-state index in [0.717, 1.165) is 16.7 Å². The first-order valence-electron chi connectivity index (χ1n) is 7.65. The summed E-state index contributed by atoms with van der Waals surface area (Å²) in [4.78, 5) is 0. The summed E-state index contributed by atoms with van der Waals surface area (Å²) in [5.41, 5.74) is 2.77. The van der Waals surface area contributed by atoms with Crippen LogP contribution in [0.5, 0.6) is 17.2 Å². The van der Waals surface area contributed by atoms with Crippen molar-refractivity contribution in [3.8, 4) is 17.2 Å². The summed E-state index contributed by atoms with van der Waals surface area (Å²) in [6.45, 7) is 5.61. The molecule has 126 valence electrons. The number of aromatic hydroxyl groups is 3. The Morgan fingerprint density at radius 1 is 0.417 bits per heavy atom. The van der Waals surface area contributed by atoms with Crippen molar-refractivity contribution >= 4 is 0 Å². The number of phenolic OH excluding ortho intramolecular Hbond substituents is 3. The van der Waals surface area contributed by atoms with Crippen LogP contribution in [0.15, 0.2) is 72.8 Å². The van der Waals surface area contributed by atoms with E-state index >= 15 is 0 Å². The van der Waals surface area contributed by atoms with Gasteiger partial charge in [-0.2, -0.15) is 0 Å². The van der Waals surface area contributed by atoms with Crippen LogP contribution in [0.1, 0.15) is 16.7 Å². The second-order valence-electron chi connectivity index (χ2n) is 5.36. The monoisotopic (exact) mass is 324 g/mol. The molecule has 3 N–H and O–H groups in total. The molecule has 0 fully saturated rings. The highest BCUT2D eigenvalue weighted by Crippen LogP contribution is 2.13. The van der Waals surface area contributed by atoms with Crippen LogP contribution < -0.4 is 0 Å². The number of hydrogen-bond acceptors (Lipinski definition) is 3. The van der Waals surface area contributed by atoms with Crippen molar-refractivity contribution < 1.29 is 15.3 Å². The molecule has 24 heavy (non-hydrogen) atoms. The number of phenols is 3. The summed E-state index contributed by atoms with van der Waals surface area (Å²) >= 11 is 0. The van der Waals surface area contributed by atoms with Gasteiger partial charge in [-0.1, -0.05) is 54.6 Å². The minimum Gasteiger partial charge on any atom is -0.508 e. The highest BCUT2D eigenvalue weighted by atomic mass is 16.3. The fraction of sp³-hybridized carbons (Fsp3) is 0.143. The number of aryl methyl sites for hydroxylation is 3. The third kappa shape index (κ3) is 6.88. The second-order valence-corrected chi connectivity index (χ2v) is 5.36. The van der Waals surface area contributed by atoms with Crippen LogP contribution in [0.25, 0.3) is 0 Å². The van der Waals surface area contributed by atoms with Gasteiger partial charge in [0.1, 0.15) is 17.2 Å². The molecule has 0 atom stereocenters. The number of benzene rings is 3. The van der Waals surface area contributed by atoms with E-state index in [1.165, 1.54) is 0 Å². The Bertz CT molecular complexity index is 585. The van der Waals surface area contributed by atoms with Crippen molar-refractivity contribution in [3.63, 3.8) is 0 Å². The normalized spacial score (nSPS) is 9.12. The molecule has 0 spiro atoms. The van der Waals surface area contributed by atoms with Gasteiger partial charge in [-0.25, -0.2) is 0 Å². The maximum atomic E-state index is 8.92. The summed E-state index contributed by atoms with van der Waals surface area (Å²) in [5, 5.41) is 26.8. The van der Waals surface area contributed by atoms with E-state index in [0.29, 0.717) is 17.2 Å². The van der Waals surface area contributed by atoms with Crippen LogP contribution in [-0.2, 0) is 0 Å². The van der Waals surface area contributed by atoms with Crippen molar-refractivity contribution in [1.29, 1.82) is 0 Å². The predicted molar refractivity (Wildman–Crippen MR) is 98.5 cm³/mol. The zero-order valence-corrected chi connectivity index (χ0v) is 14.3. The van der Waals surface area contributed by atoms with Gasteiger partial charge in [0.05, 0.1) is 0 Å². The Morgan fingerprint density at radius 3 is 0.750 bits per heavy atom. The quantitative estimate of drug-likeness (QED) is 0.539. The predicted octanol–water partition coefficient (Wildman–Crippen LogP) is 5.10. The highest BCUT2D eigenvalue weighted by molar-refractivity contribution is 5.31. The molecular formula is C21H24O3. The first kappa shape index (κ1) is 19.1. The number of para-hydroxylation sites is 3.